The van der Waals surface area contributed by atoms with Crippen LogP contribution in [0, 0.1) is 5.41 Å². The molecule has 0 aliphatic heterocycles. The zero-order valence-corrected chi connectivity index (χ0v) is 17.7. The van der Waals surface area contributed by atoms with E-state index in [0.717, 1.165) is 0 Å². The SMILES string of the molecule is CCOP(=O)(OCC)C(P)(C(C)(C)C)P(=O)(OCC)OCC. The molecule has 0 fully saturated rings. The van der Waals surface area contributed by atoms with Gasteiger partial charge >= 0.3 is 15.2 Å². The first-order valence-corrected chi connectivity index (χ1v) is 11.2. The fraction of sp³-hybridized carbons (Fsp3) is 1.00. The molecular formula is C13H31O6P3. The minimum atomic E-state index is -3.79. The molecule has 0 heterocycles. The molecule has 0 radical (unpaired) electrons. The Morgan fingerprint density at radius 1 is 0.727 bits per heavy atom. The van der Waals surface area contributed by atoms with Gasteiger partial charge in [0.05, 0.1) is 26.4 Å². The molecule has 1 atom stereocenters. The first kappa shape index (κ1) is 22.7. The molecule has 134 valence electrons. The van der Waals surface area contributed by atoms with Crippen molar-refractivity contribution in [2.75, 3.05) is 26.4 Å². The Bertz CT molecular complexity index is 382. The highest BCUT2D eigenvalue weighted by atomic mass is 31.3. The van der Waals surface area contributed by atoms with Gasteiger partial charge in [0.25, 0.3) is 0 Å². The summed E-state index contributed by atoms with van der Waals surface area (Å²) in [5.74, 6) is 0. The second kappa shape index (κ2) is 8.72. The van der Waals surface area contributed by atoms with Gasteiger partial charge in [0, 0.05) is 0 Å². The second-order valence-electron chi connectivity index (χ2n) is 5.64. The molecule has 22 heavy (non-hydrogen) atoms. The Hall–Kier alpha value is 0.730. The summed E-state index contributed by atoms with van der Waals surface area (Å²) < 4.78 is 47.4. The molecule has 0 bridgehead atoms. The molecule has 0 rings (SSSR count). The van der Waals surface area contributed by atoms with Crippen molar-refractivity contribution in [1.29, 1.82) is 0 Å². The molecule has 0 aromatic heterocycles. The largest absolute Gasteiger partial charge is 0.353 e. The zero-order chi connectivity index (χ0) is 17.7. The molecule has 0 amide bonds. The van der Waals surface area contributed by atoms with Crippen LogP contribution in [0.25, 0.3) is 0 Å². The molecule has 0 aliphatic rings. The van der Waals surface area contributed by atoms with Gasteiger partial charge in [0.15, 0.2) is 4.64 Å². The van der Waals surface area contributed by atoms with Crippen LogP contribution in [0.2, 0.25) is 0 Å². The highest BCUT2D eigenvalue weighted by Crippen LogP contribution is 2.85. The van der Waals surface area contributed by atoms with E-state index in [1.165, 1.54) is 0 Å². The second-order valence-corrected chi connectivity index (χ2v) is 12.3. The van der Waals surface area contributed by atoms with Gasteiger partial charge in [-0.1, -0.05) is 20.8 Å². The monoisotopic (exact) mass is 376 g/mol. The fourth-order valence-electron chi connectivity index (χ4n) is 2.12. The van der Waals surface area contributed by atoms with Crippen molar-refractivity contribution >= 4 is 24.4 Å². The average Bonchev–Trinajstić information content (AvgIpc) is 2.37. The Kier molecular flexibility index (Phi) is 9.01. The van der Waals surface area contributed by atoms with Crippen LogP contribution in [-0.2, 0) is 27.2 Å². The van der Waals surface area contributed by atoms with Crippen LogP contribution in [0.15, 0.2) is 0 Å². The summed E-state index contributed by atoms with van der Waals surface area (Å²) >= 11 is 0. The van der Waals surface area contributed by atoms with Crippen molar-refractivity contribution in [3.05, 3.63) is 0 Å². The highest BCUT2D eigenvalue weighted by Gasteiger charge is 2.68. The first-order chi connectivity index (χ1) is 9.99. The smallest absolute Gasteiger partial charge is 0.308 e. The van der Waals surface area contributed by atoms with E-state index in [1.54, 1.807) is 27.7 Å². The fourth-order valence-corrected chi connectivity index (χ4v) is 8.85. The Balaban J connectivity index is 6.38. The average molecular weight is 376 g/mol. The third-order valence-corrected chi connectivity index (χ3v) is 12.8. The van der Waals surface area contributed by atoms with Crippen LogP contribution in [0.1, 0.15) is 48.5 Å². The zero-order valence-electron chi connectivity index (χ0n) is 14.7. The van der Waals surface area contributed by atoms with Gasteiger partial charge in [0.1, 0.15) is 0 Å². The summed E-state index contributed by atoms with van der Waals surface area (Å²) in [7, 11) is -5.17. The first-order valence-electron chi connectivity index (χ1n) is 7.56. The van der Waals surface area contributed by atoms with E-state index >= 15 is 0 Å². The van der Waals surface area contributed by atoms with Gasteiger partial charge < -0.3 is 18.1 Å². The third-order valence-electron chi connectivity index (χ3n) is 3.14. The molecule has 0 saturated heterocycles. The lowest BCUT2D eigenvalue weighted by Crippen LogP contribution is -2.39. The van der Waals surface area contributed by atoms with Gasteiger partial charge in [-0.15, -0.1) is 9.24 Å². The van der Waals surface area contributed by atoms with Crippen molar-refractivity contribution in [2.45, 2.75) is 53.1 Å². The van der Waals surface area contributed by atoms with Gasteiger partial charge in [-0.25, -0.2) is 0 Å². The summed E-state index contributed by atoms with van der Waals surface area (Å²) in [5.41, 5.74) is -0.739. The van der Waals surface area contributed by atoms with Crippen molar-refractivity contribution in [3.8, 4) is 0 Å². The molecule has 0 spiro atoms. The maximum absolute atomic E-state index is 13.5. The molecule has 0 aliphatic carbocycles. The van der Waals surface area contributed by atoms with Crippen LogP contribution >= 0.6 is 24.4 Å². The lowest BCUT2D eigenvalue weighted by molar-refractivity contribution is 0.168. The lowest BCUT2D eigenvalue weighted by Gasteiger charge is -2.47. The number of rotatable bonds is 10. The summed E-state index contributed by atoms with van der Waals surface area (Å²) in [4.78, 5) is 0. The van der Waals surface area contributed by atoms with Crippen LogP contribution < -0.4 is 0 Å². The number of hydrogen-bond donors (Lipinski definition) is 0. The van der Waals surface area contributed by atoms with Crippen molar-refractivity contribution in [2.24, 2.45) is 5.41 Å². The minimum absolute atomic E-state index is 0.168. The highest BCUT2D eigenvalue weighted by molar-refractivity contribution is 7.83. The minimum Gasteiger partial charge on any atom is -0.308 e. The summed E-state index contributed by atoms with van der Waals surface area (Å²) in [6.07, 6.45) is 0. The van der Waals surface area contributed by atoms with Gasteiger partial charge in [0.2, 0.25) is 0 Å². The quantitative estimate of drug-likeness (QED) is 0.495. The third kappa shape index (κ3) is 4.22. The van der Waals surface area contributed by atoms with Crippen molar-refractivity contribution in [1.82, 2.24) is 0 Å². The van der Waals surface area contributed by atoms with Crippen molar-refractivity contribution in [3.63, 3.8) is 0 Å². The normalized spacial score (nSPS) is 14.4. The molecule has 1 unspecified atom stereocenters. The van der Waals surface area contributed by atoms with Crippen LogP contribution in [0.5, 0.6) is 0 Å². The van der Waals surface area contributed by atoms with E-state index in [1.807, 2.05) is 20.8 Å². The molecule has 6 nitrogen and oxygen atoms in total. The van der Waals surface area contributed by atoms with E-state index in [4.69, 9.17) is 18.1 Å². The van der Waals surface area contributed by atoms with Gasteiger partial charge in [-0.05, 0) is 33.1 Å². The maximum Gasteiger partial charge on any atom is 0.353 e. The molecule has 0 aromatic rings. The van der Waals surface area contributed by atoms with Gasteiger partial charge in [-0.2, -0.15) is 0 Å². The van der Waals surface area contributed by atoms with Gasteiger partial charge in [-0.3, -0.25) is 9.13 Å². The molecule has 9 heteroatoms. The Morgan fingerprint density at radius 3 is 1.09 bits per heavy atom. The van der Waals surface area contributed by atoms with E-state index in [0.29, 0.717) is 0 Å². The topological polar surface area (TPSA) is 71.1 Å². The maximum atomic E-state index is 13.5. The van der Waals surface area contributed by atoms with Crippen molar-refractivity contribution < 1.29 is 27.2 Å². The predicted octanol–water partition coefficient (Wildman–Crippen LogP) is 5.09. The van der Waals surface area contributed by atoms with E-state index in [9.17, 15) is 9.13 Å². The lowest BCUT2D eigenvalue weighted by atomic mass is 9.99. The number of hydrogen-bond acceptors (Lipinski definition) is 6. The molecular weight excluding hydrogens is 345 g/mol. The molecule has 0 N–H and O–H groups in total. The Morgan fingerprint density at radius 2 is 0.955 bits per heavy atom. The van der Waals surface area contributed by atoms with Crippen LogP contribution in [-0.4, -0.2) is 31.1 Å². The predicted molar refractivity (Wildman–Crippen MR) is 93.6 cm³/mol. The Labute approximate surface area is 137 Å². The van der Waals surface area contributed by atoms with E-state index in [2.05, 4.69) is 9.24 Å². The van der Waals surface area contributed by atoms with Crippen LogP contribution in [0.4, 0.5) is 0 Å². The summed E-state index contributed by atoms with van der Waals surface area (Å²) in [5, 5.41) is 0. The summed E-state index contributed by atoms with van der Waals surface area (Å²) in [6.45, 7) is 13.0. The van der Waals surface area contributed by atoms with E-state index < -0.39 is 25.2 Å². The summed E-state index contributed by atoms with van der Waals surface area (Å²) in [6, 6.07) is 0. The van der Waals surface area contributed by atoms with Crippen LogP contribution in [0.3, 0.4) is 0 Å². The van der Waals surface area contributed by atoms with E-state index in [-0.39, 0.29) is 26.4 Å². The standard InChI is InChI=1S/C13H31O6P3/c1-8-16-21(14,17-9-2)13(20,12(5,6)7)22(15,18-10-3)19-11-4/h8-11,20H2,1-7H3. The molecule has 0 aromatic carbocycles. The molecule has 0 saturated carbocycles.